The zero-order valence-corrected chi connectivity index (χ0v) is 11.2. The minimum atomic E-state index is -2.37. The Hall–Kier alpha value is -1.16. The highest BCUT2D eigenvalue weighted by Gasteiger charge is 2.18. The van der Waals surface area contributed by atoms with Crippen LogP contribution in [0.15, 0.2) is 18.2 Å². The van der Waals surface area contributed by atoms with E-state index in [4.69, 9.17) is 8.85 Å². The van der Waals surface area contributed by atoms with Crippen molar-refractivity contribution < 1.29 is 13.3 Å². The Morgan fingerprint density at radius 2 is 2.06 bits per heavy atom. The number of benzene rings is 1. The molecule has 0 amide bonds. The molecule has 1 unspecified atom stereocenters. The summed E-state index contributed by atoms with van der Waals surface area (Å²) in [4.78, 5) is 0. The molecule has 0 aliphatic carbocycles. The van der Waals surface area contributed by atoms with Crippen molar-refractivity contribution in [2.75, 3.05) is 6.61 Å². The minimum Gasteiger partial charge on any atom is -0.496 e. The van der Waals surface area contributed by atoms with Gasteiger partial charge in [0.05, 0.1) is 6.61 Å². The highest BCUT2D eigenvalue weighted by atomic mass is 28.3. The molecule has 1 rings (SSSR count). The molecule has 1 aromatic rings. The summed E-state index contributed by atoms with van der Waals surface area (Å²) in [6.45, 7) is 8.20. The van der Waals surface area contributed by atoms with Gasteiger partial charge in [-0.25, -0.2) is 0 Å². The quantitative estimate of drug-likeness (QED) is 0.740. The maximum atomic E-state index is 11.4. The Balaban J connectivity index is 2.76. The van der Waals surface area contributed by atoms with E-state index < -0.39 is 9.17 Å². The predicted molar refractivity (Wildman–Crippen MR) is 63.5 cm³/mol. The summed E-state index contributed by atoms with van der Waals surface area (Å²) in [5.74, 6) is 0. The fourth-order valence-corrected chi connectivity index (χ4v) is 2.29. The van der Waals surface area contributed by atoms with Gasteiger partial charge in [0.15, 0.2) is 0 Å². The normalized spacial score (nSPS) is 12.0. The molecule has 0 N–H and O–H groups in total. The maximum Gasteiger partial charge on any atom is 0.767 e. The van der Waals surface area contributed by atoms with Gasteiger partial charge in [-0.15, -0.1) is 0 Å². The van der Waals surface area contributed by atoms with Gasteiger partial charge in [0, 0.05) is 0 Å². The molecule has 16 heavy (non-hydrogen) atoms. The average Bonchev–Trinajstić information content (AvgIpc) is 2.22. The number of rotatable bonds is 5. The van der Waals surface area contributed by atoms with Gasteiger partial charge in [-0.3, -0.25) is 4.46 Å². The van der Waals surface area contributed by atoms with Crippen molar-refractivity contribution in [1.82, 2.24) is 0 Å². The Kier molecular flexibility index (Phi) is 4.67. The molecule has 0 aliphatic heterocycles. The van der Waals surface area contributed by atoms with E-state index in [0.29, 0.717) is 6.61 Å². The highest BCUT2D eigenvalue weighted by molar-refractivity contribution is 6.26. The van der Waals surface area contributed by atoms with Crippen molar-refractivity contribution in [3.8, 4) is 0 Å². The fraction of sp³-hybridized carbons (Fsp3) is 0.500. The largest absolute Gasteiger partial charge is 0.767 e. The van der Waals surface area contributed by atoms with Crippen LogP contribution in [-0.2, 0) is 13.3 Å². The van der Waals surface area contributed by atoms with Crippen molar-refractivity contribution in [2.24, 2.45) is 0 Å². The van der Waals surface area contributed by atoms with Gasteiger partial charge in [0.2, 0.25) is 0 Å². The summed E-state index contributed by atoms with van der Waals surface area (Å²) >= 11 is 0. The first-order chi connectivity index (χ1) is 7.56. The van der Waals surface area contributed by atoms with E-state index in [-0.39, 0.29) is 6.10 Å². The summed E-state index contributed by atoms with van der Waals surface area (Å²) in [5, 5.41) is 0. The lowest BCUT2D eigenvalue weighted by Gasteiger charge is -2.16. The van der Waals surface area contributed by atoms with Gasteiger partial charge in [-0.2, -0.15) is 0 Å². The molecule has 0 heterocycles. The molecular formula is C12H18O3Si. The van der Waals surface area contributed by atoms with Gasteiger partial charge in [-0.1, -0.05) is 18.2 Å². The standard InChI is InChI=1S/C12H18O3Si/c1-5-14-16(13)15-11(4)12-8-6-7-9(2)10(12)3/h6-8,11H,5H2,1-4H3. The molecular weight excluding hydrogens is 220 g/mol. The van der Waals surface area contributed by atoms with E-state index in [1.807, 2.05) is 26.0 Å². The summed E-state index contributed by atoms with van der Waals surface area (Å²) in [6, 6.07) is 6.03. The van der Waals surface area contributed by atoms with Crippen LogP contribution in [0.2, 0.25) is 0 Å². The minimum absolute atomic E-state index is 0.196. The third kappa shape index (κ3) is 3.17. The zero-order valence-electron chi connectivity index (χ0n) is 10.2. The lowest BCUT2D eigenvalue weighted by atomic mass is 10.0. The van der Waals surface area contributed by atoms with E-state index >= 15 is 0 Å². The molecule has 88 valence electrons. The molecule has 1 aromatic carbocycles. The van der Waals surface area contributed by atoms with Crippen LogP contribution in [0.3, 0.4) is 0 Å². The van der Waals surface area contributed by atoms with Crippen LogP contribution >= 0.6 is 0 Å². The molecule has 0 aromatic heterocycles. The first kappa shape index (κ1) is 12.9. The van der Waals surface area contributed by atoms with E-state index in [1.165, 1.54) is 11.1 Å². The lowest BCUT2D eigenvalue weighted by molar-refractivity contribution is 0.130. The topological polar surface area (TPSA) is 35.5 Å². The van der Waals surface area contributed by atoms with Crippen LogP contribution in [0.4, 0.5) is 0 Å². The Morgan fingerprint density at radius 3 is 2.69 bits per heavy atom. The van der Waals surface area contributed by atoms with E-state index in [2.05, 4.69) is 13.0 Å². The summed E-state index contributed by atoms with van der Waals surface area (Å²) < 4.78 is 21.6. The van der Waals surface area contributed by atoms with Crippen LogP contribution in [0, 0.1) is 13.8 Å². The molecule has 0 saturated heterocycles. The second-order valence-corrected chi connectivity index (χ2v) is 4.76. The van der Waals surface area contributed by atoms with Gasteiger partial charge in [-0.05, 0) is 44.4 Å². The van der Waals surface area contributed by atoms with Crippen molar-refractivity contribution in [3.63, 3.8) is 0 Å². The second-order valence-electron chi connectivity index (χ2n) is 3.73. The molecule has 0 bridgehead atoms. The van der Waals surface area contributed by atoms with E-state index in [9.17, 15) is 4.46 Å². The van der Waals surface area contributed by atoms with Crippen molar-refractivity contribution in [2.45, 2.75) is 33.8 Å². The smallest absolute Gasteiger partial charge is 0.496 e. The summed E-state index contributed by atoms with van der Waals surface area (Å²) in [6.07, 6.45) is -0.196. The first-order valence-corrected chi connectivity index (χ1v) is 6.68. The number of aryl methyl sites for hydroxylation is 1. The molecule has 0 spiro atoms. The highest BCUT2D eigenvalue weighted by Crippen LogP contribution is 2.22. The molecule has 4 heteroatoms. The Morgan fingerprint density at radius 1 is 1.38 bits per heavy atom. The van der Waals surface area contributed by atoms with Gasteiger partial charge < -0.3 is 8.85 Å². The third-order valence-electron chi connectivity index (χ3n) is 2.62. The third-order valence-corrected chi connectivity index (χ3v) is 3.69. The zero-order chi connectivity index (χ0) is 12.1. The summed E-state index contributed by atoms with van der Waals surface area (Å²) in [5.41, 5.74) is 3.46. The Bertz CT molecular complexity index is 377. The van der Waals surface area contributed by atoms with Gasteiger partial charge in [0.1, 0.15) is 6.10 Å². The van der Waals surface area contributed by atoms with Crippen molar-refractivity contribution >= 4 is 9.17 Å². The van der Waals surface area contributed by atoms with E-state index in [0.717, 1.165) is 5.56 Å². The van der Waals surface area contributed by atoms with Gasteiger partial charge >= 0.3 is 9.17 Å². The molecule has 0 saturated carbocycles. The Labute approximate surface area is 98.3 Å². The van der Waals surface area contributed by atoms with Crippen LogP contribution in [0.5, 0.6) is 0 Å². The van der Waals surface area contributed by atoms with E-state index in [1.54, 1.807) is 6.92 Å². The molecule has 1 atom stereocenters. The molecule has 3 nitrogen and oxygen atoms in total. The maximum absolute atomic E-state index is 11.4. The average molecular weight is 238 g/mol. The van der Waals surface area contributed by atoms with Crippen LogP contribution in [-0.4, -0.2) is 15.8 Å². The molecule has 0 aliphatic rings. The number of hydrogen-bond acceptors (Lipinski definition) is 3. The van der Waals surface area contributed by atoms with Crippen LogP contribution in [0.25, 0.3) is 0 Å². The van der Waals surface area contributed by atoms with Crippen molar-refractivity contribution in [3.05, 3.63) is 34.9 Å². The molecule has 0 fully saturated rings. The SMILES string of the molecule is CCO[Si](=O)OC(C)c1cccc(C)c1C. The predicted octanol–water partition coefficient (Wildman–Crippen LogP) is 2.83. The lowest BCUT2D eigenvalue weighted by Crippen LogP contribution is -2.15. The van der Waals surface area contributed by atoms with Crippen molar-refractivity contribution in [1.29, 1.82) is 0 Å². The second kappa shape index (κ2) is 5.79. The number of hydrogen-bond donors (Lipinski definition) is 0. The van der Waals surface area contributed by atoms with Gasteiger partial charge in [0.25, 0.3) is 0 Å². The molecule has 0 radical (unpaired) electrons. The first-order valence-electron chi connectivity index (χ1n) is 5.45. The van der Waals surface area contributed by atoms with Crippen LogP contribution < -0.4 is 0 Å². The fourth-order valence-electron chi connectivity index (χ4n) is 1.57. The van der Waals surface area contributed by atoms with Crippen LogP contribution in [0.1, 0.15) is 36.6 Å². The summed E-state index contributed by atoms with van der Waals surface area (Å²) in [7, 11) is -2.37. The monoisotopic (exact) mass is 238 g/mol.